The van der Waals surface area contributed by atoms with E-state index in [0.717, 1.165) is 6.42 Å². The van der Waals surface area contributed by atoms with Gasteiger partial charge in [-0.2, -0.15) is 0 Å². The summed E-state index contributed by atoms with van der Waals surface area (Å²) in [6.07, 6.45) is 0.0486. The third kappa shape index (κ3) is 0.351. The molecule has 0 amide bonds. The molecule has 0 aromatic carbocycles. The molecule has 2 fully saturated rings. The average Bonchev–Trinajstić information content (AvgIpc) is 2.35. The Morgan fingerprint density at radius 2 is 2.50 bits per heavy atom. The molecule has 2 rings (SSSR count). The number of fused-ring (bicyclic) bond motifs is 1. The van der Waals surface area contributed by atoms with Gasteiger partial charge < -0.3 is 9.84 Å². The van der Waals surface area contributed by atoms with Gasteiger partial charge in [-0.1, -0.05) is 0 Å². The third-order valence-corrected chi connectivity index (χ3v) is 1.75. The number of aliphatic hydroxyl groups excluding tert-OH is 1. The molecule has 0 bridgehead atoms. The zero-order valence-electron chi connectivity index (χ0n) is 4.20. The molecule has 8 heavy (non-hydrogen) atoms. The van der Waals surface area contributed by atoms with Gasteiger partial charge in [0, 0.05) is 5.92 Å². The zero-order valence-corrected chi connectivity index (χ0v) is 4.20. The van der Waals surface area contributed by atoms with Crippen LogP contribution in [0.15, 0.2) is 0 Å². The Morgan fingerprint density at radius 1 is 1.75 bits per heavy atom. The summed E-state index contributed by atoms with van der Waals surface area (Å²) in [4.78, 5) is 10.4. The van der Waals surface area contributed by atoms with E-state index in [9.17, 15) is 4.79 Å². The zero-order chi connectivity index (χ0) is 5.72. The Labute approximate surface area is 46.3 Å². The van der Waals surface area contributed by atoms with Crippen molar-refractivity contribution in [3.05, 3.63) is 0 Å². The molecular weight excluding hydrogens is 108 g/mol. The first-order valence-electron chi connectivity index (χ1n) is 2.67. The molecule has 3 atom stereocenters. The Kier molecular flexibility index (Phi) is 0.568. The number of ether oxygens (including phenoxy) is 1. The Hall–Kier alpha value is -0.570. The summed E-state index contributed by atoms with van der Waals surface area (Å²) < 4.78 is 4.44. The van der Waals surface area contributed by atoms with Crippen molar-refractivity contribution >= 4 is 5.97 Å². The molecule has 1 aliphatic heterocycles. The highest BCUT2D eigenvalue weighted by molar-refractivity contribution is 5.78. The van der Waals surface area contributed by atoms with Crippen LogP contribution in [0.1, 0.15) is 6.42 Å². The van der Waals surface area contributed by atoms with Gasteiger partial charge >= 0.3 is 5.97 Å². The van der Waals surface area contributed by atoms with Crippen molar-refractivity contribution in [3.63, 3.8) is 0 Å². The van der Waals surface area contributed by atoms with Crippen LogP contribution in [0.2, 0.25) is 0 Å². The predicted molar refractivity (Wildman–Crippen MR) is 23.7 cm³/mol. The number of esters is 1. The molecule has 2 aliphatic rings. The molecule has 1 aliphatic carbocycles. The highest BCUT2D eigenvalue weighted by Gasteiger charge is 2.56. The summed E-state index contributed by atoms with van der Waals surface area (Å²) in [7, 11) is 0. The van der Waals surface area contributed by atoms with E-state index < -0.39 is 6.29 Å². The molecule has 0 aromatic rings. The molecule has 3 nitrogen and oxygen atoms in total. The number of hydrogen-bond acceptors (Lipinski definition) is 3. The van der Waals surface area contributed by atoms with E-state index in [2.05, 4.69) is 4.74 Å². The van der Waals surface area contributed by atoms with Crippen LogP contribution in [-0.2, 0) is 9.53 Å². The van der Waals surface area contributed by atoms with E-state index in [4.69, 9.17) is 5.11 Å². The van der Waals surface area contributed by atoms with E-state index >= 15 is 0 Å². The first-order valence-corrected chi connectivity index (χ1v) is 2.67. The van der Waals surface area contributed by atoms with E-state index in [1.165, 1.54) is 0 Å². The van der Waals surface area contributed by atoms with Crippen LogP contribution in [-0.4, -0.2) is 17.4 Å². The number of carbonyl (C=O) groups excluding carboxylic acids is 1. The van der Waals surface area contributed by atoms with Crippen LogP contribution in [0.5, 0.6) is 0 Å². The molecule has 3 heteroatoms. The maximum Gasteiger partial charge on any atom is 0.311 e. The van der Waals surface area contributed by atoms with Gasteiger partial charge in [-0.3, -0.25) is 4.79 Å². The standard InChI is InChI=1S/C5H6O3/c6-4-2-1-3(2)5(7)8-4/h2-4,6H,1H2. The van der Waals surface area contributed by atoms with Crippen molar-refractivity contribution in [1.82, 2.24) is 0 Å². The Morgan fingerprint density at radius 3 is 2.62 bits per heavy atom. The lowest BCUT2D eigenvalue weighted by Crippen LogP contribution is -2.10. The summed E-state index contributed by atoms with van der Waals surface area (Å²) in [6, 6.07) is 0. The summed E-state index contributed by atoms with van der Waals surface area (Å²) in [5.74, 6) is -0.0324. The van der Waals surface area contributed by atoms with Gasteiger partial charge in [-0.15, -0.1) is 0 Å². The molecule has 3 unspecified atom stereocenters. The molecule has 1 saturated heterocycles. The van der Waals surface area contributed by atoms with Crippen LogP contribution in [0.3, 0.4) is 0 Å². The lowest BCUT2D eigenvalue weighted by molar-refractivity contribution is -0.159. The van der Waals surface area contributed by atoms with Crippen molar-refractivity contribution in [3.8, 4) is 0 Å². The van der Waals surface area contributed by atoms with Gasteiger partial charge in [0.05, 0.1) is 5.92 Å². The van der Waals surface area contributed by atoms with Gasteiger partial charge in [0.2, 0.25) is 6.29 Å². The van der Waals surface area contributed by atoms with Gasteiger partial charge in [-0.05, 0) is 6.42 Å². The van der Waals surface area contributed by atoms with Crippen molar-refractivity contribution in [2.75, 3.05) is 0 Å². The molecule has 0 aromatic heterocycles. The van der Waals surface area contributed by atoms with Gasteiger partial charge in [-0.25, -0.2) is 0 Å². The number of aliphatic hydroxyl groups is 1. The first-order chi connectivity index (χ1) is 3.79. The molecular formula is C5H6O3. The van der Waals surface area contributed by atoms with Crippen LogP contribution < -0.4 is 0 Å². The number of hydrogen-bond donors (Lipinski definition) is 1. The maximum absolute atomic E-state index is 10.4. The number of cyclic esters (lactones) is 1. The molecule has 1 saturated carbocycles. The summed E-state index contributed by atoms with van der Waals surface area (Å²) in [5.41, 5.74) is 0. The van der Waals surface area contributed by atoms with Crippen LogP contribution in [0.25, 0.3) is 0 Å². The largest absolute Gasteiger partial charge is 0.435 e. The topological polar surface area (TPSA) is 46.5 Å². The molecule has 1 N–H and O–H groups in total. The second kappa shape index (κ2) is 1.05. The average molecular weight is 114 g/mol. The minimum absolute atomic E-state index is 0.0463. The highest BCUT2D eigenvalue weighted by Crippen LogP contribution is 2.47. The number of rotatable bonds is 0. The van der Waals surface area contributed by atoms with E-state index in [0.29, 0.717) is 0 Å². The number of carbonyl (C=O) groups is 1. The Bertz CT molecular complexity index is 143. The quantitative estimate of drug-likeness (QED) is 0.432. The van der Waals surface area contributed by atoms with Gasteiger partial charge in [0.25, 0.3) is 0 Å². The maximum atomic E-state index is 10.4. The fraction of sp³-hybridized carbons (Fsp3) is 0.800. The fourth-order valence-corrected chi connectivity index (χ4v) is 1.09. The molecule has 0 spiro atoms. The second-order valence-corrected chi connectivity index (χ2v) is 2.33. The second-order valence-electron chi connectivity index (χ2n) is 2.33. The molecule has 1 heterocycles. The van der Waals surface area contributed by atoms with Crippen LogP contribution in [0, 0.1) is 11.8 Å². The van der Waals surface area contributed by atoms with E-state index in [-0.39, 0.29) is 17.8 Å². The minimum atomic E-state index is -0.785. The monoisotopic (exact) mass is 114 g/mol. The summed E-state index contributed by atoms with van der Waals surface area (Å²) in [5, 5.41) is 8.77. The minimum Gasteiger partial charge on any atom is -0.435 e. The van der Waals surface area contributed by atoms with E-state index in [1.807, 2.05) is 0 Å². The van der Waals surface area contributed by atoms with Crippen LogP contribution in [0.4, 0.5) is 0 Å². The van der Waals surface area contributed by atoms with Crippen molar-refractivity contribution in [2.45, 2.75) is 12.7 Å². The van der Waals surface area contributed by atoms with E-state index in [1.54, 1.807) is 0 Å². The summed E-state index contributed by atoms with van der Waals surface area (Å²) in [6.45, 7) is 0. The van der Waals surface area contributed by atoms with Crippen molar-refractivity contribution < 1.29 is 14.6 Å². The molecule has 44 valence electrons. The first kappa shape index (κ1) is 4.32. The smallest absolute Gasteiger partial charge is 0.311 e. The lowest BCUT2D eigenvalue weighted by atomic mass is 10.4. The third-order valence-electron chi connectivity index (χ3n) is 1.75. The molecule has 0 radical (unpaired) electrons. The van der Waals surface area contributed by atoms with Crippen LogP contribution >= 0.6 is 0 Å². The SMILES string of the molecule is O=C1OC(O)C2CC12. The summed E-state index contributed by atoms with van der Waals surface area (Å²) >= 11 is 0. The van der Waals surface area contributed by atoms with Crippen molar-refractivity contribution in [2.24, 2.45) is 11.8 Å². The van der Waals surface area contributed by atoms with Gasteiger partial charge in [0.1, 0.15) is 0 Å². The Balaban J connectivity index is 2.19. The highest BCUT2D eigenvalue weighted by atomic mass is 16.6. The fourth-order valence-electron chi connectivity index (χ4n) is 1.09. The van der Waals surface area contributed by atoms with Gasteiger partial charge in [0.15, 0.2) is 0 Å². The lowest BCUT2D eigenvalue weighted by Gasteiger charge is -2.01. The predicted octanol–water partition coefficient (Wildman–Crippen LogP) is -0.502. The normalized spacial score (nSPS) is 50.6. The van der Waals surface area contributed by atoms with Crippen molar-refractivity contribution in [1.29, 1.82) is 0 Å².